The topological polar surface area (TPSA) is 56.8 Å². The van der Waals surface area contributed by atoms with Crippen molar-refractivity contribution in [1.82, 2.24) is 5.32 Å². The van der Waals surface area contributed by atoms with Crippen molar-refractivity contribution < 1.29 is 19.0 Å². The highest BCUT2D eigenvalue weighted by Gasteiger charge is 2.15. The molecule has 128 valence electrons. The normalized spacial score (nSPS) is 10.2. The summed E-state index contributed by atoms with van der Waals surface area (Å²) in [5.41, 5.74) is 1.21. The molecule has 2 rings (SSSR count). The number of benzene rings is 2. The molecule has 0 aliphatic carbocycles. The van der Waals surface area contributed by atoms with E-state index in [1.165, 1.54) is 7.11 Å². The fourth-order valence-corrected chi connectivity index (χ4v) is 2.75. The quantitative estimate of drug-likeness (QED) is 0.774. The van der Waals surface area contributed by atoms with Gasteiger partial charge >= 0.3 is 0 Å². The summed E-state index contributed by atoms with van der Waals surface area (Å²) in [6.45, 7) is 0.290. The molecule has 0 atom stereocenters. The van der Waals surface area contributed by atoms with Crippen LogP contribution in [0.4, 0.5) is 0 Å². The number of ether oxygens (including phenoxy) is 3. The first-order valence-corrected chi connectivity index (χ1v) is 8.19. The third-order valence-electron chi connectivity index (χ3n) is 3.35. The molecule has 0 heterocycles. The van der Waals surface area contributed by atoms with Gasteiger partial charge in [0.05, 0.1) is 31.9 Å². The molecule has 5 nitrogen and oxygen atoms in total. The van der Waals surface area contributed by atoms with Crippen molar-refractivity contribution in [1.29, 1.82) is 0 Å². The van der Waals surface area contributed by atoms with Crippen LogP contribution in [-0.4, -0.2) is 27.2 Å². The number of rotatable bonds is 6. The fourth-order valence-electron chi connectivity index (χ4n) is 2.19. The maximum Gasteiger partial charge on any atom is 0.253 e. The largest absolute Gasteiger partial charge is 0.493 e. The van der Waals surface area contributed by atoms with Gasteiger partial charge < -0.3 is 19.5 Å². The SMILES string of the molecule is COc1cc(CNC(=O)c2cc(Br)ccc2Cl)cc(OC)c1OC. The van der Waals surface area contributed by atoms with Crippen LogP contribution < -0.4 is 19.5 Å². The van der Waals surface area contributed by atoms with Gasteiger partial charge in [-0.2, -0.15) is 0 Å². The van der Waals surface area contributed by atoms with Gasteiger partial charge in [-0.25, -0.2) is 0 Å². The lowest BCUT2D eigenvalue weighted by Gasteiger charge is -2.14. The molecule has 0 fully saturated rings. The van der Waals surface area contributed by atoms with Gasteiger partial charge in [-0.1, -0.05) is 27.5 Å². The minimum atomic E-state index is -0.268. The number of nitrogens with one attached hydrogen (secondary N) is 1. The Morgan fingerprint density at radius 1 is 1.08 bits per heavy atom. The van der Waals surface area contributed by atoms with E-state index in [-0.39, 0.29) is 5.91 Å². The van der Waals surface area contributed by atoms with Crippen LogP contribution in [0.15, 0.2) is 34.8 Å². The zero-order chi connectivity index (χ0) is 17.7. The summed E-state index contributed by atoms with van der Waals surface area (Å²) in [5, 5.41) is 3.22. The molecule has 0 bridgehead atoms. The van der Waals surface area contributed by atoms with Gasteiger partial charge in [-0.3, -0.25) is 4.79 Å². The van der Waals surface area contributed by atoms with E-state index < -0.39 is 0 Å². The molecule has 0 aromatic heterocycles. The number of hydrogen-bond acceptors (Lipinski definition) is 4. The lowest BCUT2D eigenvalue weighted by atomic mass is 10.1. The number of halogens is 2. The van der Waals surface area contributed by atoms with Crippen LogP contribution in [0, 0.1) is 0 Å². The van der Waals surface area contributed by atoms with Gasteiger partial charge in [0.2, 0.25) is 5.75 Å². The number of carbonyl (C=O) groups excluding carboxylic acids is 1. The van der Waals surface area contributed by atoms with E-state index >= 15 is 0 Å². The average Bonchev–Trinajstić information content (AvgIpc) is 2.60. The van der Waals surface area contributed by atoms with Gasteiger partial charge in [0, 0.05) is 11.0 Å². The average molecular weight is 415 g/mol. The van der Waals surface area contributed by atoms with Gasteiger partial charge in [-0.05, 0) is 35.9 Å². The Morgan fingerprint density at radius 2 is 1.71 bits per heavy atom. The molecular formula is C17H17BrClNO4. The van der Waals surface area contributed by atoms with Crippen molar-refractivity contribution in [2.45, 2.75) is 6.54 Å². The molecule has 0 unspecified atom stereocenters. The third kappa shape index (κ3) is 4.13. The summed E-state index contributed by atoms with van der Waals surface area (Å²) in [4.78, 5) is 12.3. The van der Waals surface area contributed by atoms with Gasteiger partial charge in [0.25, 0.3) is 5.91 Å². The van der Waals surface area contributed by atoms with Crippen LogP contribution >= 0.6 is 27.5 Å². The van der Waals surface area contributed by atoms with E-state index in [9.17, 15) is 4.79 Å². The fraction of sp³-hybridized carbons (Fsp3) is 0.235. The summed E-state index contributed by atoms with van der Waals surface area (Å²) in [7, 11) is 4.62. The molecule has 7 heteroatoms. The summed E-state index contributed by atoms with van der Waals surface area (Å²) in [5.74, 6) is 1.29. The minimum absolute atomic E-state index is 0.268. The molecular weight excluding hydrogens is 398 g/mol. The summed E-state index contributed by atoms with van der Waals surface area (Å²) < 4.78 is 16.7. The second kappa shape index (κ2) is 8.26. The smallest absolute Gasteiger partial charge is 0.253 e. The molecule has 0 spiro atoms. The van der Waals surface area contributed by atoms with Crippen LogP contribution in [0.5, 0.6) is 17.2 Å². The van der Waals surface area contributed by atoms with Gasteiger partial charge in [0.1, 0.15) is 0 Å². The standard InChI is InChI=1S/C17H17BrClNO4/c1-22-14-6-10(7-15(23-2)16(14)24-3)9-20-17(21)12-8-11(18)4-5-13(12)19/h4-8H,9H2,1-3H3,(H,20,21). The first kappa shape index (κ1) is 18.4. The Hall–Kier alpha value is -1.92. The van der Waals surface area contributed by atoms with E-state index in [0.717, 1.165) is 10.0 Å². The Labute approximate surface area is 154 Å². The summed E-state index contributed by atoms with van der Waals surface area (Å²) in [6, 6.07) is 8.68. The Kier molecular flexibility index (Phi) is 6.34. The molecule has 0 radical (unpaired) electrons. The van der Waals surface area contributed by atoms with E-state index in [4.69, 9.17) is 25.8 Å². The molecule has 24 heavy (non-hydrogen) atoms. The predicted molar refractivity (Wildman–Crippen MR) is 96.4 cm³/mol. The Balaban J connectivity index is 2.19. The first-order valence-electron chi connectivity index (χ1n) is 7.02. The molecule has 1 amide bonds. The lowest BCUT2D eigenvalue weighted by Crippen LogP contribution is -2.23. The first-order chi connectivity index (χ1) is 11.5. The van der Waals surface area contributed by atoms with Crippen LogP contribution in [0.1, 0.15) is 15.9 Å². The van der Waals surface area contributed by atoms with E-state index in [1.54, 1.807) is 44.6 Å². The van der Waals surface area contributed by atoms with Gasteiger partial charge in [0.15, 0.2) is 11.5 Å². The molecule has 1 N–H and O–H groups in total. The van der Waals surface area contributed by atoms with Crippen LogP contribution in [0.3, 0.4) is 0 Å². The molecule has 0 saturated heterocycles. The van der Waals surface area contributed by atoms with E-state index in [1.807, 2.05) is 0 Å². The highest BCUT2D eigenvalue weighted by Crippen LogP contribution is 2.38. The lowest BCUT2D eigenvalue weighted by molar-refractivity contribution is 0.0951. The van der Waals surface area contributed by atoms with Crippen molar-refractivity contribution in [2.75, 3.05) is 21.3 Å². The molecule has 2 aromatic rings. The maximum absolute atomic E-state index is 12.3. The predicted octanol–water partition coefficient (Wildman–Crippen LogP) is 4.06. The monoisotopic (exact) mass is 413 g/mol. The maximum atomic E-state index is 12.3. The number of methoxy groups -OCH3 is 3. The van der Waals surface area contributed by atoms with E-state index in [2.05, 4.69) is 21.2 Å². The number of carbonyl (C=O) groups is 1. The Morgan fingerprint density at radius 3 is 2.25 bits per heavy atom. The summed E-state index contributed by atoms with van der Waals surface area (Å²) >= 11 is 9.40. The zero-order valence-electron chi connectivity index (χ0n) is 13.5. The zero-order valence-corrected chi connectivity index (χ0v) is 15.8. The molecule has 0 aliphatic rings. The second-order valence-electron chi connectivity index (χ2n) is 4.84. The van der Waals surface area contributed by atoms with Crippen LogP contribution in [0.25, 0.3) is 0 Å². The molecule has 0 aliphatic heterocycles. The highest BCUT2D eigenvalue weighted by atomic mass is 79.9. The van der Waals surface area contributed by atoms with Crippen LogP contribution in [0.2, 0.25) is 5.02 Å². The summed E-state index contributed by atoms with van der Waals surface area (Å²) in [6.07, 6.45) is 0. The van der Waals surface area contributed by atoms with Crippen molar-refractivity contribution in [3.05, 3.63) is 51.0 Å². The second-order valence-corrected chi connectivity index (χ2v) is 6.16. The Bertz CT molecular complexity index is 726. The van der Waals surface area contributed by atoms with Crippen molar-refractivity contribution in [3.63, 3.8) is 0 Å². The highest BCUT2D eigenvalue weighted by molar-refractivity contribution is 9.10. The molecule has 0 saturated carbocycles. The van der Waals surface area contributed by atoms with Crippen molar-refractivity contribution >= 4 is 33.4 Å². The number of amides is 1. The van der Waals surface area contributed by atoms with Gasteiger partial charge in [-0.15, -0.1) is 0 Å². The van der Waals surface area contributed by atoms with Crippen molar-refractivity contribution in [2.24, 2.45) is 0 Å². The van der Waals surface area contributed by atoms with E-state index in [0.29, 0.717) is 34.4 Å². The molecule has 2 aromatic carbocycles. The number of hydrogen-bond donors (Lipinski definition) is 1. The third-order valence-corrected chi connectivity index (χ3v) is 4.17. The van der Waals surface area contributed by atoms with Crippen molar-refractivity contribution in [3.8, 4) is 17.2 Å². The van der Waals surface area contributed by atoms with Crippen LogP contribution in [-0.2, 0) is 6.54 Å². The minimum Gasteiger partial charge on any atom is -0.493 e.